The molecule has 11 rings (SSSR count). The molecule has 0 aliphatic heterocycles. The number of rotatable bonds is 5. The maximum Gasteiger partial charge on any atom is 0.145 e. The molecule has 0 radical (unpaired) electrons. The molecule has 0 bridgehead atoms. The van der Waals surface area contributed by atoms with E-state index in [0.29, 0.717) is 5.92 Å². The van der Waals surface area contributed by atoms with Gasteiger partial charge in [0.05, 0.1) is 16.7 Å². The molecule has 5 nitrogen and oxygen atoms in total. The summed E-state index contributed by atoms with van der Waals surface area (Å²) in [7, 11) is 0. The molecule has 0 saturated carbocycles. The first-order valence-electron chi connectivity index (χ1n) is 18.6. The Balaban J connectivity index is 1.08. The fourth-order valence-electron chi connectivity index (χ4n) is 8.61. The molecule has 6 aromatic carbocycles. The second-order valence-electron chi connectivity index (χ2n) is 14.7. The van der Waals surface area contributed by atoms with Crippen molar-refractivity contribution in [3.8, 4) is 28.6 Å². The highest BCUT2D eigenvalue weighted by Gasteiger charge is 2.25. The predicted octanol–water partition coefficient (Wildman–Crippen LogP) is 12.6. The number of aromatic nitrogens is 3. The predicted molar refractivity (Wildman–Crippen MR) is 219 cm³/mol. The molecule has 258 valence electrons. The van der Waals surface area contributed by atoms with Gasteiger partial charge in [0.1, 0.15) is 28.5 Å². The van der Waals surface area contributed by atoms with Gasteiger partial charge in [-0.3, -0.25) is 9.55 Å². The van der Waals surface area contributed by atoms with Gasteiger partial charge in [0.25, 0.3) is 0 Å². The molecule has 0 amide bonds. The first-order chi connectivity index (χ1) is 26.6. The Bertz CT molecular complexity index is 3120. The molecule has 54 heavy (non-hydrogen) atoms. The van der Waals surface area contributed by atoms with Crippen molar-refractivity contribution in [1.82, 2.24) is 14.5 Å². The summed E-state index contributed by atoms with van der Waals surface area (Å²) in [6.45, 7) is 4.23. The van der Waals surface area contributed by atoms with Gasteiger partial charge in [-0.05, 0) is 120 Å². The van der Waals surface area contributed by atoms with Gasteiger partial charge in [0, 0.05) is 45.6 Å². The van der Waals surface area contributed by atoms with E-state index in [4.69, 9.17) is 19.1 Å². The third-order valence-electron chi connectivity index (χ3n) is 11.5. The number of benzene rings is 6. The summed E-state index contributed by atoms with van der Waals surface area (Å²) in [5, 5.41) is 6.73. The SMILES string of the molecule is Cc1cnc(-n2c3ccccc3c3ccc(Oc4cc(-c5cc6c(cn5)CC(c5ccccc5)C6)c5oc6ccc7ccccc7c6c5c4)cc32)cc1C. The number of pyridine rings is 2. The molecular formula is C49H35N3O2. The standard InChI is InChI=1S/C49H35N3O2/c1-29-20-47(51-27-30(29)2)52-44-15-9-8-14-39(44)40-18-17-36(26-45(40)52)53-37-24-41(43-23-34-21-33(22-35(34)28-50-43)31-10-4-3-5-11-31)49-42(25-37)48-38-13-7-6-12-32(38)16-19-46(48)54-49/h3-20,23-28,33H,21-22H2,1-2H3. The summed E-state index contributed by atoms with van der Waals surface area (Å²) in [5.74, 6) is 2.81. The average Bonchev–Trinajstić information content (AvgIpc) is 3.91. The largest absolute Gasteiger partial charge is 0.457 e. The number of fused-ring (bicyclic) bond motifs is 9. The van der Waals surface area contributed by atoms with Crippen molar-refractivity contribution in [1.29, 1.82) is 0 Å². The molecule has 0 spiro atoms. The molecule has 5 heteroatoms. The molecule has 1 aliphatic rings. The van der Waals surface area contributed by atoms with Crippen molar-refractivity contribution in [2.45, 2.75) is 32.6 Å². The van der Waals surface area contributed by atoms with Crippen molar-refractivity contribution in [2.24, 2.45) is 0 Å². The Morgan fingerprint density at radius 3 is 2.30 bits per heavy atom. The quantitative estimate of drug-likeness (QED) is 0.180. The van der Waals surface area contributed by atoms with Crippen molar-refractivity contribution in [3.63, 3.8) is 0 Å². The fourth-order valence-corrected chi connectivity index (χ4v) is 8.61. The van der Waals surface area contributed by atoms with Crippen LogP contribution in [0.1, 0.15) is 33.7 Å². The van der Waals surface area contributed by atoms with Crippen molar-refractivity contribution < 1.29 is 9.15 Å². The van der Waals surface area contributed by atoms with Crippen molar-refractivity contribution in [2.75, 3.05) is 0 Å². The maximum atomic E-state index is 6.88. The molecule has 4 aromatic heterocycles. The zero-order valence-electron chi connectivity index (χ0n) is 30.0. The first-order valence-corrected chi connectivity index (χ1v) is 18.6. The lowest BCUT2D eigenvalue weighted by Crippen LogP contribution is -1.99. The van der Waals surface area contributed by atoms with Gasteiger partial charge in [-0.15, -0.1) is 0 Å². The molecule has 1 aliphatic carbocycles. The summed E-state index contributed by atoms with van der Waals surface area (Å²) in [5.41, 5.74) is 12.0. The fraction of sp³-hybridized carbons (Fsp3) is 0.102. The van der Waals surface area contributed by atoms with Gasteiger partial charge in [-0.2, -0.15) is 0 Å². The molecule has 1 unspecified atom stereocenters. The van der Waals surface area contributed by atoms with E-state index in [-0.39, 0.29) is 0 Å². The first kappa shape index (κ1) is 30.9. The number of furan rings is 1. The molecular weight excluding hydrogens is 663 g/mol. The van der Waals surface area contributed by atoms with Crippen LogP contribution >= 0.6 is 0 Å². The van der Waals surface area contributed by atoms with Crippen LogP contribution in [0.3, 0.4) is 0 Å². The summed E-state index contributed by atoms with van der Waals surface area (Å²) >= 11 is 0. The van der Waals surface area contributed by atoms with Crippen LogP contribution in [0.25, 0.3) is 71.6 Å². The number of para-hydroxylation sites is 1. The minimum atomic E-state index is 0.454. The Morgan fingerprint density at radius 1 is 0.611 bits per heavy atom. The van der Waals surface area contributed by atoms with Crippen LogP contribution in [0.15, 0.2) is 150 Å². The number of hydrogen-bond donors (Lipinski definition) is 0. The summed E-state index contributed by atoms with van der Waals surface area (Å²) in [4.78, 5) is 9.95. The Hall–Kier alpha value is -6.72. The van der Waals surface area contributed by atoms with Crippen molar-refractivity contribution in [3.05, 3.63) is 174 Å². The topological polar surface area (TPSA) is 53.1 Å². The van der Waals surface area contributed by atoms with Crippen LogP contribution in [-0.4, -0.2) is 14.5 Å². The van der Waals surface area contributed by atoms with Gasteiger partial charge < -0.3 is 9.15 Å². The minimum Gasteiger partial charge on any atom is -0.457 e. The van der Waals surface area contributed by atoms with Gasteiger partial charge in [-0.1, -0.05) is 78.9 Å². The van der Waals surface area contributed by atoms with Crippen molar-refractivity contribution >= 4 is 54.5 Å². The maximum absolute atomic E-state index is 6.88. The van der Waals surface area contributed by atoms with Gasteiger partial charge in [0.15, 0.2) is 0 Å². The minimum absolute atomic E-state index is 0.454. The van der Waals surface area contributed by atoms with Crippen LogP contribution in [0.2, 0.25) is 0 Å². The summed E-state index contributed by atoms with van der Waals surface area (Å²) < 4.78 is 15.9. The Labute approximate surface area is 312 Å². The zero-order valence-corrected chi connectivity index (χ0v) is 30.0. The monoisotopic (exact) mass is 697 g/mol. The van der Waals surface area contributed by atoms with Crippen LogP contribution < -0.4 is 4.74 Å². The Morgan fingerprint density at radius 2 is 1.41 bits per heavy atom. The van der Waals surface area contributed by atoms with E-state index in [2.05, 4.69) is 158 Å². The number of hydrogen-bond acceptors (Lipinski definition) is 4. The van der Waals surface area contributed by atoms with E-state index in [1.165, 1.54) is 38.6 Å². The highest BCUT2D eigenvalue weighted by atomic mass is 16.5. The van der Waals surface area contributed by atoms with Crippen LogP contribution in [0, 0.1) is 13.8 Å². The summed E-state index contributed by atoms with van der Waals surface area (Å²) in [6, 6.07) is 47.1. The molecule has 4 heterocycles. The normalized spacial score (nSPS) is 14.1. The van der Waals surface area contributed by atoms with Gasteiger partial charge in [0.2, 0.25) is 0 Å². The van der Waals surface area contributed by atoms with E-state index in [1.54, 1.807) is 0 Å². The van der Waals surface area contributed by atoms with Crippen LogP contribution in [0.4, 0.5) is 0 Å². The highest BCUT2D eigenvalue weighted by molar-refractivity contribution is 6.21. The van der Waals surface area contributed by atoms with Gasteiger partial charge >= 0.3 is 0 Å². The molecule has 10 aromatic rings. The van der Waals surface area contributed by atoms with E-state index in [9.17, 15) is 0 Å². The van der Waals surface area contributed by atoms with E-state index in [1.807, 2.05) is 6.20 Å². The third kappa shape index (κ3) is 4.85. The lowest BCUT2D eigenvalue weighted by atomic mass is 9.96. The van der Waals surface area contributed by atoms with Crippen LogP contribution in [0.5, 0.6) is 11.5 Å². The third-order valence-corrected chi connectivity index (χ3v) is 11.5. The molecule has 0 saturated heterocycles. The zero-order chi connectivity index (χ0) is 35.9. The number of aryl methyl sites for hydroxylation is 2. The smallest absolute Gasteiger partial charge is 0.145 e. The Kier molecular flexibility index (Phi) is 6.80. The average molecular weight is 698 g/mol. The van der Waals surface area contributed by atoms with E-state index in [0.717, 1.165) is 85.2 Å². The van der Waals surface area contributed by atoms with Crippen LogP contribution in [-0.2, 0) is 12.8 Å². The molecule has 1 atom stereocenters. The van der Waals surface area contributed by atoms with E-state index < -0.39 is 0 Å². The van der Waals surface area contributed by atoms with E-state index >= 15 is 0 Å². The molecule has 0 fully saturated rings. The second kappa shape index (κ2) is 11.9. The summed E-state index contributed by atoms with van der Waals surface area (Å²) in [6.07, 6.45) is 6.01. The lowest BCUT2D eigenvalue weighted by Gasteiger charge is -2.12. The number of nitrogens with zero attached hydrogens (tertiary/aromatic N) is 3. The van der Waals surface area contributed by atoms with Gasteiger partial charge in [-0.25, -0.2) is 4.98 Å². The molecule has 0 N–H and O–H groups in total. The lowest BCUT2D eigenvalue weighted by molar-refractivity contribution is 0.484. The second-order valence-corrected chi connectivity index (χ2v) is 14.7. The number of ether oxygens (including phenoxy) is 1. The highest BCUT2D eigenvalue weighted by Crippen LogP contribution is 2.44.